The molecule has 1 heterocycles. The third-order valence-electron chi connectivity index (χ3n) is 2.56. The van der Waals surface area contributed by atoms with Crippen molar-refractivity contribution in [3.8, 4) is 0 Å². The highest BCUT2D eigenvalue weighted by atomic mass is 16.5. The zero-order valence-corrected chi connectivity index (χ0v) is 8.73. The van der Waals surface area contributed by atoms with Crippen LogP contribution in [0.25, 0.3) is 0 Å². The standard InChI is InChI=1S/C11H22O/c1-11(2,3)7-6-10-5-4-8-12-9-10/h10H,4-9H2,1-3H3/t10-/m0/s1. The van der Waals surface area contributed by atoms with Crippen LogP contribution in [0.4, 0.5) is 0 Å². The first-order valence-electron chi connectivity index (χ1n) is 5.16. The summed E-state index contributed by atoms with van der Waals surface area (Å²) in [4.78, 5) is 0. The van der Waals surface area contributed by atoms with Crippen molar-refractivity contribution < 1.29 is 4.74 Å². The van der Waals surface area contributed by atoms with Crippen LogP contribution < -0.4 is 0 Å². The maximum Gasteiger partial charge on any atom is 0.0494 e. The lowest BCUT2D eigenvalue weighted by Gasteiger charge is -2.25. The summed E-state index contributed by atoms with van der Waals surface area (Å²) in [7, 11) is 0. The molecule has 1 fully saturated rings. The van der Waals surface area contributed by atoms with Gasteiger partial charge in [-0.2, -0.15) is 0 Å². The third-order valence-corrected chi connectivity index (χ3v) is 2.56. The second-order valence-electron chi connectivity index (χ2n) is 5.18. The number of rotatable bonds is 2. The molecule has 1 rings (SSSR count). The Labute approximate surface area is 76.5 Å². The van der Waals surface area contributed by atoms with Crippen molar-refractivity contribution in [3.05, 3.63) is 0 Å². The molecule has 0 aromatic rings. The molecule has 1 aliphatic rings. The zero-order chi connectivity index (χ0) is 9.03. The Hall–Kier alpha value is -0.0400. The molecule has 0 unspecified atom stereocenters. The SMILES string of the molecule is CC(C)(C)CC[C@@H]1CCCOC1. The van der Waals surface area contributed by atoms with Gasteiger partial charge in [0.15, 0.2) is 0 Å². The van der Waals surface area contributed by atoms with E-state index in [0.717, 1.165) is 19.1 Å². The highest BCUT2D eigenvalue weighted by Gasteiger charge is 2.17. The highest BCUT2D eigenvalue weighted by Crippen LogP contribution is 2.27. The largest absolute Gasteiger partial charge is 0.381 e. The Kier molecular flexibility index (Phi) is 3.57. The zero-order valence-electron chi connectivity index (χ0n) is 8.73. The number of hydrogen-bond acceptors (Lipinski definition) is 1. The van der Waals surface area contributed by atoms with Gasteiger partial charge in [0.05, 0.1) is 0 Å². The Morgan fingerprint density at radius 1 is 1.33 bits per heavy atom. The molecular weight excluding hydrogens is 148 g/mol. The van der Waals surface area contributed by atoms with E-state index in [1.165, 1.54) is 25.7 Å². The molecule has 1 nitrogen and oxygen atoms in total. The molecule has 0 radical (unpaired) electrons. The monoisotopic (exact) mass is 170 g/mol. The molecule has 0 amide bonds. The van der Waals surface area contributed by atoms with Crippen LogP contribution in [0.5, 0.6) is 0 Å². The molecule has 1 saturated heterocycles. The van der Waals surface area contributed by atoms with Gasteiger partial charge in [0.2, 0.25) is 0 Å². The Morgan fingerprint density at radius 2 is 2.08 bits per heavy atom. The van der Waals surface area contributed by atoms with Crippen LogP contribution in [-0.4, -0.2) is 13.2 Å². The number of ether oxygens (including phenoxy) is 1. The van der Waals surface area contributed by atoms with Crippen molar-refractivity contribution in [2.45, 2.75) is 46.5 Å². The molecule has 1 atom stereocenters. The summed E-state index contributed by atoms with van der Waals surface area (Å²) in [6, 6.07) is 0. The molecule has 1 aliphatic heterocycles. The summed E-state index contributed by atoms with van der Waals surface area (Å²) >= 11 is 0. The molecule has 0 aliphatic carbocycles. The van der Waals surface area contributed by atoms with Gasteiger partial charge in [-0.15, -0.1) is 0 Å². The predicted molar refractivity (Wildman–Crippen MR) is 52.2 cm³/mol. The second-order valence-corrected chi connectivity index (χ2v) is 5.18. The molecule has 12 heavy (non-hydrogen) atoms. The Bertz CT molecular complexity index is 117. The van der Waals surface area contributed by atoms with Crippen LogP contribution in [-0.2, 0) is 4.74 Å². The fourth-order valence-corrected chi connectivity index (χ4v) is 1.67. The summed E-state index contributed by atoms with van der Waals surface area (Å²) in [5.74, 6) is 0.845. The van der Waals surface area contributed by atoms with Crippen LogP contribution in [0.1, 0.15) is 46.5 Å². The van der Waals surface area contributed by atoms with Crippen molar-refractivity contribution in [1.29, 1.82) is 0 Å². The second kappa shape index (κ2) is 4.27. The molecule has 0 aromatic heterocycles. The highest BCUT2D eigenvalue weighted by molar-refractivity contribution is 4.68. The Balaban J connectivity index is 2.13. The fourth-order valence-electron chi connectivity index (χ4n) is 1.67. The summed E-state index contributed by atoms with van der Waals surface area (Å²) in [5.41, 5.74) is 0.497. The fraction of sp³-hybridized carbons (Fsp3) is 1.00. The topological polar surface area (TPSA) is 9.23 Å². The average Bonchev–Trinajstić information content (AvgIpc) is 2.02. The van der Waals surface area contributed by atoms with Crippen LogP contribution in [0.2, 0.25) is 0 Å². The van der Waals surface area contributed by atoms with Gasteiger partial charge < -0.3 is 4.74 Å². The molecule has 0 bridgehead atoms. The predicted octanol–water partition coefficient (Wildman–Crippen LogP) is 3.24. The average molecular weight is 170 g/mol. The maximum absolute atomic E-state index is 5.45. The van der Waals surface area contributed by atoms with Crippen molar-refractivity contribution in [2.75, 3.05) is 13.2 Å². The summed E-state index contributed by atoms with van der Waals surface area (Å²) < 4.78 is 5.45. The minimum Gasteiger partial charge on any atom is -0.381 e. The first-order valence-corrected chi connectivity index (χ1v) is 5.16. The molecule has 0 spiro atoms. The van der Waals surface area contributed by atoms with E-state index in [-0.39, 0.29) is 0 Å². The van der Waals surface area contributed by atoms with Crippen molar-refractivity contribution in [1.82, 2.24) is 0 Å². The summed E-state index contributed by atoms with van der Waals surface area (Å²) in [5, 5.41) is 0. The van der Waals surface area contributed by atoms with Gasteiger partial charge in [-0.1, -0.05) is 20.8 Å². The number of hydrogen-bond donors (Lipinski definition) is 0. The van der Waals surface area contributed by atoms with Crippen molar-refractivity contribution in [2.24, 2.45) is 11.3 Å². The molecule has 0 saturated carbocycles. The lowest BCUT2D eigenvalue weighted by molar-refractivity contribution is 0.0474. The summed E-state index contributed by atoms with van der Waals surface area (Å²) in [6.45, 7) is 8.95. The molecule has 1 heteroatoms. The lowest BCUT2D eigenvalue weighted by Crippen LogP contribution is -2.19. The van der Waals surface area contributed by atoms with Crippen LogP contribution in [0.15, 0.2) is 0 Å². The van der Waals surface area contributed by atoms with E-state index < -0.39 is 0 Å². The minimum absolute atomic E-state index is 0.497. The van der Waals surface area contributed by atoms with Gasteiger partial charge >= 0.3 is 0 Å². The van der Waals surface area contributed by atoms with E-state index in [1.54, 1.807) is 0 Å². The Morgan fingerprint density at radius 3 is 2.58 bits per heavy atom. The normalized spacial score (nSPS) is 25.8. The van der Waals surface area contributed by atoms with Gasteiger partial charge in [0.1, 0.15) is 0 Å². The minimum atomic E-state index is 0.497. The van der Waals surface area contributed by atoms with Crippen molar-refractivity contribution >= 4 is 0 Å². The van der Waals surface area contributed by atoms with Crippen molar-refractivity contribution in [3.63, 3.8) is 0 Å². The van der Waals surface area contributed by atoms with E-state index >= 15 is 0 Å². The maximum atomic E-state index is 5.45. The van der Waals surface area contributed by atoms with E-state index in [9.17, 15) is 0 Å². The van der Waals surface area contributed by atoms with Gasteiger partial charge in [-0.05, 0) is 37.0 Å². The van der Waals surface area contributed by atoms with Gasteiger partial charge in [0.25, 0.3) is 0 Å². The van der Waals surface area contributed by atoms with E-state index in [2.05, 4.69) is 20.8 Å². The van der Waals surface area contributed by atoms with Crippen LogP contribution in [0.3, 0.4) is 0 Å². The van der Waals surface area contributed by atoms with Crippen LogP contribution in [0, 0.1) is 11.3 Å². The van der Waals surface area contributed by atoms with E-state index in [1.807, 2.05) is 0 Å². The smallest absolute Gasteiger partial charge is 0.0494 e. The van der Waals surface area contributed by atoms with Crippen LogP contribution >= 0.6 is 0 Å². The third kappa shape index (κ3) is 4.10. The quantitative estimate of drug-likeness (QED) is 0.618. The summed E-state index contributed by atoms with van der Waals surface area (Å²) in [6.07, 6.45) is 5.34. The molecule has 0 aromatic carbocycles. The first kappa shape index (κ1) is 10.0. The molecule has 72 valence electrons. The first-order chi connectivity index (χ1) is 5.58. The van der Waals surface area contributed by atoms with Gasteiger partial charge in [0, 0.05) is 13.2 Å². The van der Waals surface area contributed by atoms with Gasteiger partial charge in [-0.25, -0.2) is 0 Å². The molecular formula is C11H22O. The molecule has 0 N–H and O–H groups in total. The lowest BCUT2D eigenvalue weighted by atomic mass is 9.85. The van der Waals surface area contributed by atoms with Gasteiger partial charge in [-0.3, -0.25) is 0 Å². The van der Waals surface area contributed by atoms with E-state index in [4.69, 9.17) is 4.74 Å². The van der Waals surface area contributed by atoms with E-state index in [0.29, 0.717) is 5.41 Å².